The standard InChI is InChI=1S/C22H19NO4/c1-2-12-26-17-10-8-15(9-11-17)18-13-20(24)23(16-6-4-3-5-7-16)19-14-27-22(25)21(18)19/h2-11,18H,1,12-14H2. The molecule has 1 amide bonds. The minimum absolute atomic E-state index is 0.0461. The number of ether oxygens (including phenoxy) is 2. The minimum atomic E-state index is -0.351. The van der Waals surface area contributed by atoms with Crippen LogP contribution in [0.2, 0.25) is 0 Å². The van der Waals surface area contributed by atoms with Crippen molar-refractivity contribution in [1.29, 1.82) is 0 Å². The fourth-order valence-corrected chi connectivity index (χ4v) is 3.57. The zero-order valence-corrected chi connectivity index (χ0v) is 14.8. The van der Waals surface area contributed by atoms with Gasteiger partial charge >= 0.3 is 5.97 Å². The third kappa shape index (κ3) is 3.12. The van der Waals surface area contributed by atoms with E-state index in [1.54, 1.807) is 11.0 Å². The first-order valence-corrected chi connectivity index (χ1v) is 8.81. The van der Waals surface area contributed by atoms with Crippen LogP contribution in [0, 0.1) is 0 Å². The van der Waals surface area contributed by atoms with Crippen molar-refractivity contribution in [3.05, 3.63) is 84.1 Å². The van der Waals surface area contributed by atoms with Crippen molar-refractivity contribution in [2.24, 2.45) is 0 Å². The van der Waals surface area contributed by atoms with Crippen LogP contribution < -0.4 is 9.64 Å². The van der Waals surface area contributed by atoms with Crippen LogP contribution in [0.5, 0.6) is 5.75 Å². The second kappa shape index (κ2) is 7.11. The molecule has 0 N–H and O–H groups in total. The van der Waals surface area contributed by atoms with E-state index in [-0.39, 0.29) is 30.8 Å². The van der Waals surface area contributed by atoms with Gasteiger partial charge in [-0.25, -0.2) is 4.79 Å². The number of nitrogens with zero attached hydrogens (tertiary/aromatic N) is 1. The molecular weight excluding hydrogens is 342 g/mol. The molecule has 0 bridgehead atoms. The van der Waals surface area contributed by atoms with Crippen LogP contribution in [-0.2, 0) is 14.3 Å². The molecule has 27 heavy (non-hydrogen) atoms. The zero-order chi connectivity index (χ0) is 18.8. The first kappa shape index (κ1) is 17.1. The Kier molecular flexibility index (Phi) is 4.50. The van der Waals surface area contributed by atoms with Crippen LogP contribution in [0.3, 0.4) is 0 Å². The molecule has 0 radical (unpaired) electrons. The van der Waals surface area contributed by atoms with Crippen LogP contribution in [-0.4, -0.2) is 25.1 Å². The van der Waals surface area contributed by atoms with E-state index < -0.39 is 0 Å². The Morgan fingerprint density at radius 2 is 1.85 bits per heavy atom. The van der Waals surface area contributed by atoms with Gasteiger partial charge in [-0.1, -0.05) is 43.0 Å². The number of amides is 1. The van der Waals surface area contributed by atoms with Crippen LogP contribution in [0.4, 0.5) is 5.69 Å². The Bertz CT molecular complexity index is 915. The fourth-order valence-electron chi connectivity index (χ4n) is 3.57. The van der Waals surface area contributed by atoms with E-state index in [0.717, 1.165) is 17.0 Å². The van der Waals surface area contributed by atoms with E-state index in [0.29, 0.717) is 17.9 Å². The lowest BCUT2D eigenvalue weighted by molar-refractivity contribution is -0.136. The number of carbonyl (C=O) groups is 2. The highest BCUT2D eigenvalue weighted by Gasteiger charge is 2.42. The third-order valence-corrected chi connectivity index (χ3v) is 4.78. The second-order valence-corrected chi connectivity index (χ2v) is 6.43. The lowest BCUT2D eigenvalue weighted by Crippen LogP contribution is -2.37. The van der Waals surface area contributed by atoms with Gasteiger partial charge in [0.2, 0.25) is 5.91 Å². The maximum Gasteiger partial charge on any atom is 0.336 e. The van der Waals surface area contributed by atoms with Gasteiger partial charge in [-0.15, -0.1) is 0 Å². The number of benzene rings is 2. The Balaban J connectivity index is 1.71. The van der Waals surface area contributed by atoms with E-state index in [4.69, 9.17) is 9.47 Å². The lowest BCUT2D eigenvalue weighted by atomic mass is 9.84. The van der Waals surface area contributed by atoms with E-state index in [9.17, 15) is 9.59 Å². The molecular formula is C22H19NO4. The molecule has 0 aromatic heterocycles. The van der Waals surface area contributed by atoms with Crippen LogP contribution >= 0.6 is 0 Å². The molecule has 0 saturated heterocycles. The second-order valence-electron chi connectivity index (χ2n) is 6.43. The number of esters is 1. The Labute approximate surface area is 157 Å². The van der Waals surface area contributed by atoms with Gasteiger partial charge in [-0.2, -0.15) is 0 Å². The Morgan fingerprint density at radius 3 is 2.56 bits per heavy atom. The van der Waals surface area contributed by atoms with Crippen molar-refractivity contribution < 1.29 is 19.1 Å². The topological polar surface area (TPSA) is 55.8 Å². The first-order chi connectivity index (χ1) is 13.2. The molecule has 2 aliphatic rings. The molecule has 2 aromatic carbocycles. The molecule has 136 valence electrons. The summed E-state index contributed by atoms with van der Waals surface area (Å²) < 4.78 is 10.8. The summed E-state index contributed by atoms with van der Waals surface area (Å²) in [6, 6.07) is 16.8. The summed E-state index contributed by atoms with van der Waals surface area (Å²) >= 11 is 0. The average molecular weight is 361 g/mol. The quantitative estimate of drug-likeness (QED) is 0.603. The molecule has 4 rings (SSSR count). The van der Waals surface area contributed by atoms with Gasteiger partial charge in [0, 0.05) is 18.0 Å². The van der Waals surface area contributed by atoms with Gasteiger partial charge in [0.1, 0.15) is 19.0 Å². The van der Waals surface area contributed by atoms with E-state index in [1.165, 1.54) is 0 Å². The highest BCUT2D eigenvalue weighted by atomic mass is 16.5. The molecule has 2 heterocycles. The van der Waals surface area contributed by atoms with Gasteiger partial charge in [0.05, 0.1) is 11.3 Å². The molecule has 2 aromatic rings. The predicted molar refractivity (Wildman–Crippen MR) is 101 cm³/mol. The van der Waals surface area contributed by atoms with Crippen molar-refractivity contribution in [3.63, 3.8) is 0 Å². The molecule has 0 aliphatic carbocycles. The summed E-state index contributed by atoms with van der Waals surface area (Å²) in [7, 11) is 0. The molecule has 5 nitrogen and oxygen atoms in total. The van der Waals surface area contributed by atoms with E-state index in [2.05, 4.69) is 6.58 Å². The largest absolute Gasteiger partial charge is 0.490 e. The molecule has 0 fully saturated rings. The fraction of sp³-hybridized carbons (Fsp3) is 0.182. The number of hydrogen-bond donors (Lipinski definition) is 0. The van der Waals surface area contributed by atoms with Gasteiger partial charge in [0.15, 0.2) is 0 Å². The summed E-state index contributed by atoms with van der Waals surface area (Å²) in [5.41, 5.74) is 2.85. The highest BCUT2D eigenvalue weighted by molar-refractivity contribution is 6.06. The van der Waals surface area contributed by atoms with Crippen LogP contribution in [0.1, 0.15) is 17.9 Å². The lowest BCUT2D eigenvalue weighted by Gasteiger charge is -2.31. The van der Waals surface area contributed by atoms with Gasteiger partial charge < -0.3 is 9.47 Å². The molecule has 1 atom stereocenters. The summed E-state index contributed by atoms with van der Waals surface area (Å²) in [5, 5.41) is 0. The van der Waals surface area contributed by atoms with Crippen LogP contribution in [0.15, 0.2) is 78.5 Å². The maximum absolute atomic E-state index is 12.9. The zero-order valence-electron chi connectivity index (χ0n) is 14.8. The SMILES string of the molecule is C=CCOc1ccc(C2CC(=O)N(c3ccccc3)C3=C2C(=O)OC3)cc1. The van der Waals surface area contributed by atoms with Gasteiger partial charge in [0.25, 0.3) is 0 Å². The summed E-state index contributed by atoms with van der Waals surface area (Å²) in [6.45, 7) is 4.17. The highest BCUT2D eigenvalue weighted by Crippen LogP contribution is 2.42. The number of hydrogen-bond acceptors (Lipinski definition) is 4. The molecule has 2 aliphatic heterocycles. The van der Waals surface area contributed by atoms with Gasteiger partial charge in [-0.05, 0) is 29.8 Å². The molecule has 0 saturated carbocycles. The number of rotatable bonds is 5. The van der Waals surface area contributed by atoms with E-state index >= 15 is 0 Å². The molecule has 1 unspecified atom stereocenters. The Morgan fingerprint density at radius 1 is 1.11 bits per heavy atom. The van der Waals surface area contributed by atoms with Gasteiger partial charge in [-0.3, -0.25) is 9.69 Å². The van der Waals surface area contributed by atoms with Crippen molar-refractivity contribution in [1.82, 2.24) is 0 Å². The smallest absolute Gasteiger partial charge is 0.336 e. The Hall–Kier alpha value is -3.34. The van der Waals surface area contributed by atoms with Crippen molar-refractivity contribution >= 4 is 17.6 Å². The number of carbonyl (C=O) groups excluding carboxylic acids is 2. The first-order valence-electron chi connectivity index (χ1n) is 8.81. The molecule has 0 spiro atoms. The van der Waals surface area contributed by atoms with Crippen LogP contribution in [0.25, 0.3) is 0 Å². The number of anilines is 1. The monoisotopic (exact) mass is 361 g/mol. The summed E-state index contributed by atoms with van der Waals surface area (Å²) in [4.78, 5) is 27.0. The number of para-hydroxylation sites is 1. The van der Waals surface area contributed by atoms with Crippen molar-refractivity contribution in [3.8, 4) is 5.75 Å². The van der Waals surface area contributed by atoms with Crippen molar-refractivity contribution in [2.45, 2.75) is 12.3 Å². The average Bonchev–Trinajstić information content (AvgIpc) is 3.08. The van der Waals surface area contributed by atoms with Crippen molar-refractivity contribution in [2.75, 3.05) is 18.1 Å². The third-order valence-electron chi connectivity index (χ3n) is 4.78. The maximum atomic E-state index is 12.9. The minimum Gasteiger partial charge on any atom is -0.490 e. The predicted octanol–water partition coefficient (Wildman–Crippen LogP) is 3.58. The molecule has 5 heteroatoms. The number of cyclic esters (lactones) is 1. The summed E-state index contributed by atoms with van der Waals surface area (Å²) in [5.74, 6) is 0.0106. The normalized spacial score (nSPS) is 19.0. The van der Waals surface area contributed by atoms with E-state index in [1.807, 2.05) is 54.6 Å². The summed E-state index contributed by atoms with van der Waals surface area (Å²) in [6.07, 6.45) is 1.90.